The van der Waals surface area contributed by atoms with Crippen molar-refractivity contribution in [1.29, 1.82) is 0 Å². The standard InChI is InChI=1S/C16H21NO/c17-15(13-9-7-4-8-10-13)16(18)14-11-5-2-1-3-6-12-14/h4,7-11,15H,1-3,5-6,12,17H2/b14-11+/t15-/m1/s1. The maximum atomic E-state index is 12.4. The molecule has 0 fully saturated rings. The van der Waals surface area contributed by atoms with Crippen molar-refractivity contribution in [3.63, 3.8) is 0 Å². The van der Waals surface area contributed by atoms with Gasteiger partial charge in [-0.05, 0) is 36.8 Å². The molecule has 2 nitrogen and oxygen atoms in total. The molecule has 96 valence electrons. The number of carbonyl (C=O) groups excluding carboxylic acids is 1. The van der Waals surface area contributed by atoms with E-state index in [9.17, 15) is 4.79 Å². The predicted octanol–water partition coefficient (Wildman–Crippen LogP) is 3.54. The average molecular weight is 243 g/mol. The molecule has 18 heavy (non-hydrogen) atoms. The molecule has 1 aliphatic carbocycles. The summed E-state index contributed by atoms with van der Waals surface area (Å²) < 4.78 is 0. The topological polar surface area (TPSA) is 43.1 Å². The Morgan fingerprint density at radius 1 is 1.06 bits per heavy atom. The summed E-state index contributed by atoms with van der Waals surface area (Å²) in [5.74, 6) is 0.100. The SMILES string of the molecule is N[C@@H](C(=O)/C1=C/CCCCCC1)c1ccccc1. The molecule has 0 aliphatic heterocycles. The van der Waals surface area contributed by atoms with Gasteiger partial charge in [-0.15, -0.1) is 0 Å². The minimum atomic E-state index is -0.503. The van der Waals surface area contributed by atoms with Gasteiger partial charge in [0, 0.05) is 0 Å². The summed E-state index contributed by atoms with van der Waals surface area (Å²) in [6, 6.07) is 9.13. The first-order valence-corrected chi connectivity index (χ1v) is 6.83. The number of benzene rings is 1. The third-order valence-electron chi connectivity index (χ3n) is 3.55. The van der Waals surface area contributed by atoms with Crippen molar-refractivity contribution in [2.75, 3.05) is 0 Å². The molecule has 0 saturated carbocycles. The van der Waals surface area contributed by atoms with Crippen molar-refractivity contribution in [2.24, 2.45) is 5.73 Å². The molecule has 1 atom stereocenters. The molecule has 0 saturated heterocycles. The third kappa shape index (κ3) is 3.30. The second kappa shape index (κ2) is 6.50. The van der Waals surface area contributed by atoms with E-state index in [1.807, 2.05) is 30.3 Å². The van der Waals surface area contributed by atoms with Crippen molar-refractivity contribution in [3.05, 3.63) is 47.5 Å². The van der Waals surface area contributed by atoms with Crippen LogP contribution < -0.4 is 5.73 Å². The van der Waals surface area contributed by atoms with E-state index in [2.05, 4.69) is 6.08 Å². The Balaban J connectivity index is 2.10. The molecule has 2 heteroatoms. The van der Waals surface area contributed by atoms with Gasteiger partial charge in [-0.1, -0.05) is 49.2 Å². The number of carbonyl (C=O) groups is 1. The maximum absolute atomic E-state index is 12.4. The van der Waals surface area contributed by atoms with E-state index < -0.39 is 6.04 Å². The van der Waals surface area contributed by atoms with Crippen LogP contribution >= 0.6 is 0 Å². The molecule has 1 aromatic carbocycles. The zero-order valence-electron chi connectivity index (χ0n) is 10.8. The summed E-state index contributed by atoms with van der Waals surface area (Å²) in [5.41, 5.74) is 7.91. The van der Waals surface area contributed by atoms with Gasteiger partial charge in [0.15, 0.2) is 5.78 Å². The number of hydrogen-bond acceptors (Lipinski definition) is 2. The zero-order chi connectivity index (χ0) is 12.8. The number of rotatable bonds is 3. The molecule has 0 heterocycles. The van der Waals surface area contributed by atoms with Crippen LogP contribution in [0.5, 0.6) is 0 Å². The lowest BCUT2D eigenvalue weighted by atomic mass is 9.92. The number of ketones is 1. The van der Waals surface area contributed by atoms with E-state index >= 15 is 0 Å². The zero-order valence-corrected chi connectivity index (χ0v) is 10.8. The van der Waals surface area contributed by atoms with Crippen LogP contribution in [0.1, 0.15) is 50.1 Å². The number of Topliss-reactive ketones (excluding diaryl/α,β-unsaturated/α-hetero) is 1. The van der Waals surface area contributed by atoms with Gasteiger partial charge in [-0.3, -0.25) is 4.79 Å². The highest BCUT2D eigenvalue weighted by Crippen LogP contribution is 2.22. The number of hydrogen-bond donors (Lipinski definition) is 1. The Kier molecular flexibility index (Phi) is 4.71. The lowest BCUT2D eigenvalue weighted by Crippen LogP contribution is -2.23. The average Bonchev–Trinajstić information content (AvgIpc) is 2.38. The Morgan fingerprint density at radius 3 is 2.56 bits per heavy atom. The van der Waals surface area contributed by atoms with Gasteiger partial charge in [-0.2, -0.15) is 0 Å². The summed E-state index contributed by atoms with van der Waals surface area (Å²) in [4.78, 5) is 12.4. The smallest absolute Gasteiger partial charge is 0.179 e. The Hall–Kier alpha value is -1.41. The molecular weight excluding hydrogens is 222 g/mol. The predicted molar refractivity (Wildman–Crippen MR) is 74.2 cm³/mol. The fraction of sp³-hybridized carbons (Fsp3) is 0.438. The Labute approximate surface area is 109 Å². The first kappa shape index (κ1) is 13.0. The summed E-state index contributed by atoms with van der Waals surface area (Å²) in [6.07, 6.45) is 8.82. The van der Waals surface area contributed by atoms with Crippen molar-refractivity contribution < 1.29 is 4.79 Å². The van der Waals surface area contributed by atoms with Gasteiger partial charge in [0.25, 0.3) is 0 Å². The number of nitrogens with two attached hydrogens (primary N) is 1. The van der Waals surface area contributed by atoms with E-state index in [4.69, 9.17) is 5.73 Å². The Morgan fingerprint density at radius 2 is 1.78 bits per heavy atom. The molecule has 2 rings (SSSR count). The van der Waals surface area contributed by atoms with Gasteiger partial charge in [-0.25, -0.2) is 0 Å². The summed E-state index contributed by atoms with van der Waals surface area (Å²) in [7, 11) is 0. The van der Waals surface area contributed by atoms with E-state index in [-0.39, 0.29) is 5.78 Å². The van der Waals surface area contributed by atoms with Gasteiger partial charge in [0.1, 0.15) is 0 Å². The molecule has 0 amide bonds. The normalized spacial score (nSPS) is 21.3. The van der Waals surface area contributed by atoms with Gasteiger partial charge >= 0.3 is 0 Å². The third-order valence-corrected chi connectivity index (χ3v) is 3.55. The Bertz CT molecular complexity index is 422. The molecule has 1 aromatic rings. The van der Waals surface area contributed by atoms with Crippen molar-refractivity contribution in [1.82, 2.24) is 0 Å². The van der Waals surface area contributed by atoms with E-state index in [0.717, 1.165) is 30.4 Å². The van der Waals surface area contributed by atoms with E-state index in [0.29, 0.717) is 0 Å². The largest absolute Gasteiger partial charge is 0.318 e. The lowest BCUT2D eigenvalue weighted by Gasteiger charge is -2.15. The quantitative estimate of drug-likeness (QED) is 0.882. The van der Waals surface area contributed by atoms with Crippen LogP contribution in [-0.4, -0.2) is 5.78 Å². The van der Waals surface area contributed by atoms with Crippen LogP contribution in [0.25, 0.3) is 0 Å². The van der Waals surface area contributed by atoms with E-state index in [1.165, 1.54) is 19.3 Å². The van der Waals surface area contributed by atoms with Crippen LogP contribution in [-0.2, 0) is 4.79 Å². The molecule has 1 aliphatic rings. The molecule has 2 N–H and O–H groups in total. The molecule has 0 spiro atoms. The second-order valence-corrected chi connectivity index (χ2v) is 4.93. The molecular formula is C16H21NO. The summed E-state index contributed by atoms with van der Waals surface area (Å²) >= 11 is 0. The van der Waals surface area contributed by atoms with E-state index in [1.54, 1.807) is 0 Å². The number of allylic oxidation sites excluding steroid dienone is 1. The fourth-order valence-corrected chi connectivity index (χ4v) is 2.43. The molecule has 0 bridgehead atoms. The lowest BCUT2D eigenvalue weighted by molar-refractivity contribution is -0.117. The monoisotopic (exact) mass is 243 g/mol. The second-order valence-electron chi connectivity index (χ2n) is 4.93. The van der Waals surface area contributed by atoms with Crippen LogP contribution in [0.15, 0.2) is 42.0 Å². The first-order chi connectivity index (χ1) is 8.79. The van der Waals surface area contributed by atoms with Crippen LogP contribution in [0, 0.1) is 0 Å². The molecule has 0 radical (unpaired) electrons. The van der Waals surface area contributed by atoms with Crippen molar-refractivity contribution in [3.8, 4) is 0 Å². The van der Waals surface area contributed by atoms with Crippen LogP contribution in [0.3, 0.4) is 0 Å². The summed E-state index contributed by atoms with van der Waals surface area (Å²) in [6.45, 7) is 0. The van der Waals surface area contributed by atoms with Crippen molar-refractivity contribution >= 4 is 5.78 Å². The fourth-order valence-electron chi connectivity index (χ4n) is 2.43. The maximum Gasteiger partial charge on any atom is 0.179 e. The highest BCUT2D eigenvalue weighted by Gasteiger charge is 2.19. The molecule has 0 unspecified atom stereocenters. The van der Waals surface area contributed by atoms with Gasteiger partial charge in [0.05, 0.1) is 6.04 Å². The first-order valence-electron chi connectivity index (χ1n) is 6.83. The minimum absolute atomic E-state index is 0.100. The van der Waals surface area contributed by atoms with Crippen LogP contribution in [0.2, 0.25) is 0 Å². The summed E-state index contributed by atoms with van der Waals surface area (Å²) in [5, 5.41) is 0. The highest BCUT2D eigenvalue weighted by atomic mass is 16.1. The van der Waals surface area contributed by atoms with Gasteiger partial charge in [0.2, 0.25) is 0 Å². The minimum Gasteiger partial charge on any atom is -0.318 e. The van der Waals surface area contributed by atoms with Crippen molar-refractivity contribution in [2.45, 2.75) is 44.6 Å². The van der Waals surface area contributed by atoms with Gasteiger partial charge < -0.3 is 5.73 Å². The molecule has 0 aromatic heterocycles. The van der Waals surface area contributed by atoms with Crippen LogP contribution in [0.4, 0.5) is 0 Å². The highest BCUT2D eigenvalue weighted by molar-refractivity contribution is 5.99.